The molecule has 0 radical (unpaired) electrons. The molecule has 0 saturated heterocycles. The zero-order valence-corrected chi connectivity index (χ0v) is 13.1. The summed E-state index contributed by atoms with van der Waals surface area (Å²) in [6, 6.07) is 7.78. The van der Waals surface area contributed by atoms with Crippen LogP contribution in [0.3, 0.4) is 0 Å². The number of anilines is 1. The molecule has 110 valence electrons. The Morgan fingerprint density at radius 1 is 1.43 bits per heavy atom. The van der Waals surface area contributed by atoms with E-state index >= 15 is 0 Å². The lowest BCUT2D eigenvalue weighted by Crippen LogP contribution is -2.37. The van der Waals surface area contributed by atoms with E-state index in [9.17, 15) is 9.90 Å². The number of phenolic OH excluding ortho intramolecular Hbond substituents is 1. The number of amides is 1. The van der Waals surface area contributed by atoms with E-state index < -0.39 is 6.04 Å². The normalized spacial score (nSPS) is 12.0. The summed E-state index contributed by atoms with van der Waals surface area (Å²) in [5.41, 5.74) is 8.33. The van der Waals surface area contributed by atoms with E-state index in [4.69, 9.17) is 5.73 Å². The first kappa shape index (κ1) is 15.5. The van der Waals surface area contributed by atoms with Gasteiger partial charge in [-0.2, -0.15) is 0 Å². The van der Waals surface area contributed by atoms with Crippen LogP contribution in [0.2, 0.25) is 0 Å². The molecule has 1 amide bonds. The minimum Gasteiger partial charge on any atom is -0.508 e. The Bertz CT molecular complexity index is 644. The molecule has 0 aliphatic rings. The van der Waals surface area contributed by atoms with Crippen molar-refractivity contribution in [3.05, 3.63) is 52.3 Å². The molecule has 0 saturated carbocycles. The molecule has 5 nitrogen and oxygen atoms in total. The molecule has 0 spiro atoms. The fourth-order valence-corrected chi connectivity index (χ4v) is 2.06. The largest absolute Gasteiger partial charge is 0.508 e. The van der Waals surface area contributed by atoms with Gasteiger partial charge >= 0.3 is 0 Å². The summed E-state index contributed by atoms with van der Waals surface area (Å²) in [4.78, 5) is 16.2. The van der Waals surface area contributed by atoms with Gasteiger partial charge in [-0.05, 0) is 58.6 Å². The van der Waals surface area contributed by atoms with E-state index in [1.54, 1.807) is 30.5 Å². The number of aromatic nitrogens is 1. The number of rotatable bonds is 4. The number of aromatic hydroxyl groups is 1. The van der Waals surface area contributed by atoms with Crippen molar-refractivity contribution in [3.8, 4) is 5.75 Å². The van der Waals surface area contributed by atoms with Crippen LogP contribution in [0.5, 0.6) is 5.75 Å². The maximum atomic E-state index is 12.1. The van der Waals surface area contributed by atoms with Crippen LogP contribution in [0.15, 0.2) is 41.1 Å². The number of nitrogens with two attached hydrogens (primary N) is 1. The predicted molar refractivity (Wildman–Crippen MR) is 85.1 cm³/mol. The van der Waals surface area contributed by atoms with Crippen molar-refractivity contribution in [1.29, 1.82) is 0 Å². The fourth-order valence-electron chi connectivity index (χ4n) is 1.84. The van der Waals surface area contributed by atoms with Crippen LogP contribution in [0.4, 0.5) is 5.69 Å². The van der Waals surface area contributed by atoms with E-state index in [-0.39, 0.29) is 11.7 Å². The highest BCUT2D eigenvalue weighted by atomic mass is 79.9. The first-order valence-electron chi connectivity index (χ1n) is 6.42. The van der Waals surface area contributed by atoms with Crippen molar-refractivity contribution in [3.63, 3.8) is 0 Å². The number of benzene rings is 1. The Balaban J connectivity index is 1.98. The molecular formula is C15H16BrN3O2. The summed E-state index contributed by atoms with van der Waals surface area (Å²) in [5, 5.41) is 12.0. The SMILES string of the molecule is Cc1cc(NC(=O)[C@H](N)Cc2ccc(O)cc2)cnc1Br. The monoisotopic (exact) mass is 349 g/mol. The van der Waals surface area contributed by atoms with Gasteiger partial charge in [-0.15, -0.1) is 0 Å². The Labute approximate surface area is 131 Å². The van der Waals surface area contributed by atoms with Crippen molar-refractivity contribution in [1.82, 2.24) is 4.98 Å². The summed E-state index contributed by atoms with van der Waals surface area (Å²) >= 11 is 3.31. The maximum absolute atomic E-state index is 12.1. The number of pyridine rings is 1. The smallest absolute Gasteiger partial charge is 0.241 e. The fraction of sp³-hybridized carbons (Fsp3) is 0.200. The van der Waals surface area contributed by atoms with Crippen LogP contribution in [0, 0.1) is 6.92 Å². The van der Waals surface area contributed by atoms with E-state index in [2.05, 4.69) is 26.2 Å². The van der Waals surface area contributed by atoms with Crippen LogP contribution in [0.1, 0.15) is 11.1 Å². The van der Waals surface area contributed by atoms with Crippen LogP contribution in [-0.4, -0.2) is 22.0 Å². The average Bonchev–Trinajstić information content (AvgIpc) is 2.45. The van der Waals surface area contributed by atoms with Crippen LogP contribution >= 0.6 is 15.9 Å². The summed E-state index contributed by atoms with van der Waals surface area (Å²) in [7, 11) is 0. The van der Waals surface area contributed by atoms with Gasteiger partial charge in [0.05, 0.1) is 17.9 Å². The first-order valence-corrected chi connectivity index (χ1v) is 7.21. The summed E-state index contributed by atoms with van der Waals surface area (Å²) in [5.74, 6) is -0.0835. The molecule has 2 aromatic rings. The molecule has 2 rings (SSSR count). The van der Waals surface area contributed by atoms with Crippen molar-refractivity contribution in [2.75, 3.05) is 5.32 Å². The van der Waals surface area contributed by atoms with Gasteiger partial charge in [-0.1, -0.05) is 12.1 Å². The Kier molecular flexibility index (Phi) is 4.93. The van der Waals surface area contributed by atoms with Gasteiger partial charge in [0.25, 0.3) is 0 Å². The van der Waals surface area contributed by atoms with Crippen molar-refractivity contribution in [2.45, 2.75) is 19.4 Å². The van der Waals surface area contributed by atoms with Crippen molar-refractivity contribution >= 4 is 27.5 Å². The standard InChI is InChI=1S/C15H16BrN3O2/c1-9-6-11(8-18-14(9)16)19-15(21)13(17)7-10-2-4-12(20)5-3-10/h2-6,8,13,20H,7,17H2,1H3,(H,19,21)/t13-/m1/s1. The lowest BCUT2D eigenvalue weighted by molar-refractivity contribution is -0.117. The second kappa shape index (κ2) is 6.69. The van der Waals surface area contributed by atoms with E-state index in [1.807, 2.05) is 13.0 Å². The zero-order valence-electron chi connectivity index (χ0n) is 11.5. The van der Waals surface area contributed by atoms with Crippen molar-refractivity contribution < 1.29 is 9.90 Å². The molecule has 0 bridgehead atoms. The Hall–Kier alpha value is -1.92. The number of hydrogen-bond donors (Lipinski definition) is 3. The van der Waals surface area contributed by atoms with Gasteiger partial charge in [0.15, 0.2) is 0 Å². The molecule has 1 heterocycles. The minimum absolute atomic E-state index is 0.188. The van der Waals surface area contributed by atoms with Crippen molar-refractivity contribution in [2.24, 2.45) is 5.73 Å². The average molecular weight is 350 g/mol. The van der Waals surface area contributed by atoms with Gasteiger partial charge in [-0.25, -0.2) is 4.98 Å². The third-order valence-electron chi connectivity index (χ3n) is 3.01. The molecular weight excluding hydrogens is 334 g/mol. The molecule has 0 fully saturated rings. The number of phenols is 1. The van der Waals surface area contributed by atoms with Gasteiger partial charge in [0.1, 0.15) is 10.4 Å². The summed E-state index contributed by atoms with van der Waals surface area (Å²) < 4.78 is 0.744. The molecule has 0 unspecified atom stereocenters. The van der Waals surface area contributed by atoms with Crippen LogP contribution < -0.4 is 11.1 Å². The number of nitrogens with zero attached hydrogens (tertiary/aromatic N) is 1. The Morgan fingerprint density at radius 2 is 2.10 bits per heavy atom. The number of carbonyl (C=O) groups excluding carboxylic acids is 1. The molecule has 6 heteroatoms. The minimum atomic E-state index is -0.668. The summed E-state index contributed by atoms with van der Waals surface area (Å²) in [6.07, 6.45) is 1.97. The second-order valence-electron chi connectivity index (χ2n) is 4.80. The highest BCUT2D eigenvalue weighted by Gasteiger charge is 2.14. The van der Waals surface area contributed by atoms with Crippen LogP contribution in [0.25, 0.3) is 0 Å². The molecule has 0 aliphatic heterocycles. The van der Waals surface area contributed by atoms with E-state index in [0.29, 0.717) is 12.1 Å². The number of nitrogens with one attached hydrogen (secondary N) is 1. The maximum Gasteiger partial charge on any atom is 0.241 e. The lowest BCUT2D eigenvalue weighted by atomic mass is 10.1. The number of carbonyl (C=O) groups is 1. The zero-order chi connectivity index (χ0) is 15.4. The molecule has 1 atom stereocenters. The third-order valence-corrected chi connectivity index (χ3v) is 3.84. The number of hydrogen-bond acceptors (Lipinski definition) is 4. The molecule has 21 heavy (non-hydrogen) atoms. The van der Waals surface area contributed by atoms with Gasteiger partial charge in [0.2, 0.25) is 5.91 Å². The van der Waals surface area contributed by atoms with Gasteiger partial charge in [0, 0.05) is 0 Å². The quantitative estimate of drug-likeness (QED) is 0.739. The highest BCUT2D eigenvalue weighted by molar-refractivity contribution is 9.10. The van der Waals surface area contributed by atoms with E-state index in [1.165, 1.54) is 0 Å². The topological polar surface area (TPSA) is 88.2 Å². The number of aryl methyl sites for hydroxylation is 1. The first-order chi connectivity index (χ1) is 9.95. The van der Waals surface area contributed by atoms with Crippen LogP contribution in [-0.2, 0) is 11.2 Å². The van der Waals surface area contributed by atoms with E-state index in [0.717, 1.165) is 15.7 Å². The highest BCUT2D eigenvalue weighted by Crippen LogP contribution is 2.17. The Morgan fingerprint density at radius 3 is 2.71 bits per heavy atom. The molecule has 1 aromatic carbocycles. The van der Waals surface area contributed by atoms with Gasteiger partial charge in [-0.3, -0.25) is 4.79 Å². The second-order valence-corrected chi connectivity index (χ2v) is 5.55. The third kappa shape index (κ3) is 4.27. The molecule has 0 aliphatic carbocycles. The molecule has 4 N–H and O–H groups in total. The number of halogens is 1. The molecule has 1 aromatic heterocycles. The lowest BCUT2D eigenvalue weighted by Gasteiger charge is -2.13. The predicted octanol–water partition coefficient (Wildman–Crippen LogP) is 2.37. The summed E-state index contributed by atoms with van der Waals surface area (Å²) in [6.45, 7) is 1.89. The van der Waals surface area contributed by atoms with Gasteiger partial charge < -0.3 is 16.2 Å².